The van der Waals surface area contributed by atoms with Crippen molar-refractivity contribution >= 4 is 11.6 Å². The van der Waals surface area contributed by atoms with Gasteiger partial charge in [0.25, 0.3) is 0 Å². The molecule has 1 heterocycles. The van der Waals surface area contributed by atoms with Gasteiger partial charge in [0.05, 0.1) is 18.3 Å². The van der Waals surface area contributed by atoms with Crippen LogP contribution in [0.5, 0.6) is 0 Å². The minimum atomic E-state index is 0.425. The molecule has 122 valence electrons. The van der Waals surface area contributed by atoms with Crippen LogP contribution in [0.15, 0.2) is 41.5 Å². The van der Waals surface area contributed by atoms with Crippen LogP contribution in [-0.4, -0.2) is 15.7 Å². The predicted molar refractivity (Wildman–Crippen MR) is 94.5 cm³/mol. The second-order valence-electron chi connectivity index (χ2n) is 6.11. The summed E-state index contributed by atoms with van der Waals surface area (Å²) in [7, 11) is 0. The molecule has 1 aliphatic carbocycles. The van der Waals surface area contributed by atoms with E-state index >= 15 is 0 Å². The molecule has 2 aromatic rings. The number of aliphatic imine (C=N–C) groups is 1. The van der Waals surface area contributed by atoms with Gasteiger partial charge in [-0.3, -0.25) is 4.68 Å². The number of nitrogens with zero attached hydrogens (tertiary/aromatic N) is 3. The molecule has 1 fully saturated rings. The average Bonchev–Trinajstić information content (AvgIpc) is 3.24. The van der Waals surface area contributed by atoms with Gasteiger partial charge in [-0.2, -0.15) is 5.10 Å². The fourth-order valence-electron chi connectivity index (χ4n) is 3.06. The number of aryl methyl sites for hydroxylation is 1. The Morgan fingerprint density at radius 3 is 2.96 bits per heavy atom. The van der Waals surface area contributed by atoms with Crippen molar-refractivity contribution in [3.63, 3.8) is 0 Å². The van der Waals surface area contributed by atoms with Gasteiger partial charge < -0.3 is 11.1 Å². The first-order valence-electron chi connectivity index (χ1n) is 8.44. The van der Waals surface area contributed by atoms with Gasteiger partial charge in [0.1, 0.15) is 0 Å². The number of rotatable bonds is 5. The van der Waals surface area contributed by atoms with Crippen molar-refractivity contribution in [1.82, 2.24) is 9.78 Å². The second-order valence-corrected chi connectivity index (χ2v) is 6.11. The zero-order valence-corrected chi connectivity index (χ0v) is 13.7. The Labute approximate surface area is 137 Å². The summed E-state index contributed by atoms with van der Waals surface area (Å²) in [5, 5.41) is 7.77. The van der Waals surface area contributed by atoms with Gasteiger partial charge in [-0.05, 0) is 43.0 Å². The molecule has 0 aliphatic heterocycles. The van der Waals surface area contributed by atoms with E-state index in [1.807, 2.05) is 18.2 Å². The molecule has 23 heavy (non-hydrogen) atoms. The summed E-state index contributed by atoms with van der Waals surface area (Å²) >= 11 is 0. The second kappa shape index (κ2) is 7.31. The number of guanidine groups is 1. The van der Waals surface area contributed by atoms with Gasteiger partial charge in [0.15, 0.2) is 5.96 Å². The highest BCUT2D eigenvalue weighted by atomic mass is 15.3. The number of anilines is 1. The number of nitrogens with two attached hydrogens (primary N) is 1. The molecule has 1 aromatic carbocycles. The topological polar surface area (TPSA) is 68.2 Å². The van der Waals surface area contributed by atoms with Crippen molar-refractivity contribution in [2.75, 3.05) is 5.32 Å². The minimum absolute atomic E-state index is 0.425. The van der Waals surface area contributed by atoms with Gasteiger partial charge in [0.2, 0.25) is 0 Å². The Balaban J connectivity index is 1.58. The van der Waals surface area contributed by atoms with Crippen molar-refractivity contribution in [3.8, 4) is 0 Å². The van der Waals surface area contributed by atoms with E-state index in [9.17, 15) is 0 Å². The van der Waals surface area contributed by atoms with Crippen LogP contribution in [0.3, 0.4) is 0 Å². The van der Waals surface area contributed by atoms with Crippen LogP contribution in [0.1, 0.15) is 49.9 Å². The standard InChI is InChI=1S/C18H25N5/c1-2-14-6-5-7-15(12-14)21-18(19)20-13-16-10-11-23(22-16)17-8-3-4-9-17/h5-7,10-12,17H,2-4,8-9,13H2,1H3,(H3,19,20,21). The third-order valence-electron chi connectivity index (χ3n) is 4.38. The van der Waals surface area contributed by atoms with E-state index in [2.05, 4.69) is 45.3 Å². The summed E-state index contributed by atoms with van der Waals surface area (Å²) in [4.78, 5) is 4.39. The van der Waals surface area contributed by atoms with Crippen LogP contribution in [0.4, 0.5) is 5.69 Å². The van der Waals surface area contributed by atoms with Crippen LogP contribution in [-0.2, 0) is 13.0 Å². The lowest BCUT2D eigenvalue weighted by atomic mass is 10.1. The molecule has 1 aromatic heterocycles. The molecular formula is C18H25N5. The van der Waals surface area contributed by atoms with E-state index in [-0.39, 0.29) is 0 Å². The van der Waals surface area contributed by atoms with Crippen molar-refractivity contribution in [3.05, 3.63) is 47.8 Å². The largest absolute Gasteiger partial charge is 0.370 e. The smallest absolute Gasteiger partial charge is 0.193 e. The van der Waals surface area contributed by atoms with E-state index in [0.717, 1.165) is 17.8 Å². The quantitative estimate of drug-likeness (QED) is 0.656. The van der Waals surface area contributed by atoms with Crippen LogP contribution in [0.2, 0.25) is 0 Å². The third kappa shape index (κ3) is 4.12. The summed E-state index contributed by atoms with van der Waals surface area (Å²) < 4.78 is 2.09. The van der Waals surface area contributed by atoms with Crippen molar-refractivity contribution < 1.29 is 0 Å². The van der Waals surface area contributed by atoms with E-state index < -0.39 is 0 Å². The predicted octanol–water partition coefficient (Wildman–Crippen LogP) is 3.49. The van der Waals surface area contributed by atoms with E-state index in [0.29, 0.717) is 18.5 Å². The minimum Gasteiger partial charge on any atom is -0.370 e. The molecule has 1 saturated carbocycles. The molecule has 3 rings (SSSR count). The van der Waals surface area contributed by atoms with Gasteiger partial charge >= 0.3 is 0 Å². The molecule has 0 radical (unpaired) electrons. The number of benzene rings is 1. The highest BCUT2D eigenvalue weighted by Crippen LogP contribution is 2.28. The normalized spacial score (nSPS) is 16.0. The number of hydrogen-bond donors (Lipinski definition) is 2. The van der Waals surface area contributed by atoms with Crippen molar-refractivity contribution in [1.29, 1.82) is 0 Å². The molecule has 0 spiro atoms. The van der Waals surface area contributed by atoms with Crippen LogP contribution in [0.25, 0.3) is 0 Å². The third-order valence-corrected chi connectivity index (χ3v) is 4.38. The molecule has 3 N–H and O–H groups in total. The van der Waals surface area contributed by atoms with Gasteiger partial charge in [-0.1, -0.05) is 31.9 Å². The summed E-state index contributed by atoms with van der Waals surface area (Å²) in [6.07, 6.45) is 8.17. The van der Waals surface area contributed by atoms with Gasteiger partial charge in [-0.15, -0.1) is 0 Å². The maximum atomic E-state index is 5.98. The molecule has 0 amide bonds. The van der Waals surface area contributed by atoms with Crippen LogP contribution >= 0.6 is 0 Å². The Bertz CT molecular complexity index is 668. The first-order chi connectivity index (χ1) is 11.2. The van der Waals surface area contributed by atoms with Crippen molar-refractivity contribution in [2.45, 2.75) is 51.6 Å². The number of aromatic nitrogens is 2. The summed E-state index contributed by atoms with van der Waals surface area (Å²) in [6.45, 7) is 2.64. The fraction of sp³-hybridized carbons (Fsp3) is 0.444. The lowest BCUT2D eigenvalue weighted by Gasteiger charge is -2.08. The summed E-state index contributed by atoms with van der Waals surface area (Å²) in [5.41, 5.74) is 9.19. The van der Waals surface area contributed by atoms with E-state index in [1.54, 1.807) is 0 Å². The van der Waals surface area contributed by atoms with Gasteiger partial charge in [-0.25, -0.2) is 4.99 Å². The molecular weight excluding hydrogens is 286 g/mol. The molecule has 0 bridgehead atoms. The maximum absolute atomic E-state index is 5.98. The Kier molecular flexibility index (Phi) is 4.95. The van der Waals surface area contributed by atoms with E-state index in [1.165, 1.54) is 31.2 Å². The number of hydrogen-bond acceptors (Lipinski definition) is 2. The highest BCUT2D eigenvalue weighted by Gasteiger charge is 2.17. The Morgan fingerprint density at radius 1 is 1.35 bits per heavy atom. The number of nitrogens with one attached hydrogen (secondary N) is 1. The summed E-state index contributed by atoms with van der Waals surface area (Å²) in [5.74, 6) is 0.425. The van der Waals surface area contributed by atoms with Gasteiger partial charge in [0, 0.05) is 11.9 Å². The molecule has 1 aliphatic rings. The SMILES string of the molecule is CCc1cccc(NC(N)=NCc2ccn(C3CCCC3)n2)c1. The monoisotopic (exact) mass is 311 g/mol. The molecule has 0 unspecified atom stereocenters. The first-order valence-corrected chi connectivity index (χ1v) is 8.44. The molecule has 5 nitrogen and oxygen atoms in total. The Hall–Kier alpha value is -2.30. The molecule has 5 heteroatoms. The van der Waals surface area contributed by atoms with E-state index in [4.69, 9.17) is 5.73 Å². The van der Waals surface area contributed by atoms with Crippen molar-refractivity contribution in [2.24, 2.45) is 10.7 Å². The zero-order chi connectivity index (χ0) is 16.1. The zero-order valence-electron chi connectivity index (χ0n) is 13.7. The molecule has 0 saturated heterocycles. The maximum Gasteiger partial charge on any atom is 0.193 e. The molecule has 0 atom stereocenters. The first kappa shape index (κ1) is 15.6. The summed E-state index contributed by atoms with van der Waals surface area (Å²) in [6, 6.07) is 10.8. The average molecular weight is 311 g/mol. The Morgan fingerprint density at radius 2 is 2.17 bits per heavy atom. The lowest BCUT2D eigenvalue weighted by Crippen LogP contribution is -2.22. The highest BCUT2D eigenvalue weighted by molar-refractivity contribution is 5.92. The van der Waals surface area contributed by atoms with Crippen LogP contribution in [0, 0.1) is 0 Å². The lowest BCUT2D eigenvalue weighted by molar-refractivity contribution is 0.463. The van der Waals surface area contributed by atoms with Crippen LogP contribution < -0.4 is 11.1 Å². The fourth-order valence-corrected chi connectivity index (χ4v) is 3.06.